The lowest BCUT2D eigenvalue weighted by Crippen LogP contribution is -2.26. The summed E-state index contributed by atoms with van der Waals surface area (Å²) in [7, 11) is 0. The predicted molar refractivity (Wildman–Crippen MR) is 109 cm³/mol. The highest BCUT2D eigenvalue weighted by Crippen LogP contribution is 2.28. The van der Waals surface area contributed by atoms with Crippen LogP contribution < -0.4 is 10.6 Å². The first-order valence-corrected chi connectivity index (χ1v) is 10.0. The lowest BCUT2D eigenvalue weighted by atomic mass is 9.90. The average Bonchev–Trinajstić information content (AvgIpc) is 2.74. The molecule has 0 aromatic heterocycles. The number of carbonyl (C=O) groups excluding carboxylic acids is 2. The maximum atomic E-state index is 14.1. The summed E-state index contributed by atoms with van der Waals surface area (Å²) in [5, 5.41) is 6.02. The smallest absolute Gasteiger partial charge is 0.224 e. The van der Waals surface area contributed by atoms with Crippen molar-refractivity contribution in [3.05, 3.63) is 65.5 Å². The summed E-state index contributed by atoms with van der Waals surface area (Å²) >= 11 is 0. The van der Waals surface area contributed by atoms with E-state index in [9.17, 15) is 14.0 Å². The molecule has 0 saturated carbocycles. The number of anilines is 1. The lowest BCUT2D eigenvalue weighted by Gasteiger charge is -2.23. The Balaban J connectivity index is 1.46. The maximum absolute atomic E-state index is 14.1. The van der Waals surface area contributed by atoms with Crippen LogP contribution in [0, 0.1) is 5.82 Å². The number of carbonyl (C=O) groups is 2. The van der Waals surface area contributed by atoms with Gasteiger partial charge in [-0.05, 0) is 62.4 Å². The van der Waals surface area contributed by atoms with Crippen molar-refractivity contribution in [2.45, 2.75) is 44.4 Å². The Labute approximate surface area is 165 Å². The molecular formula is C23H27FN2O2. The molecule has 1 saturated heterocycles. The van der Waals surface area contributed by atoms with Crippen molar-refractivity contribution in [1.82, 2.24) is 5.32 Å². The van der Waals surface area contributed by atoms with Crippen molar-refractivity contribution in [3.8, 4) is 0 Å². The van der Waals surface area contributed by atoms with Crippen LogP contribution in [-0.2, 0) is 4.79 Å². The molecule has 148 valence electrons. The summed E-state index contributed by atoms with van der Waals surface area (Å²) in [5.41, 5.74) is 2.02. The second-order valence-electron chi connectivity index (χ2n) is 7.31. The van der Waals surface area contributed by atoms with Crippen LogP contribution in [0.3, 0.4) is 0 Å². The number of unbranched alkanes of at least 4 members (excludes halogenated alkanes) is 1. The van der Waals surface area contributed by atoms with E-state index in [-0.39, 0.29) is 23.8 Å². The summed E-state index contributed by atoms with van der Waals surface area (Å²) in [5.74, 6) is -0.137. The Kier molecular flexibility index (Phi) is 7.31. The van der Waals surface area contributed by atoms with Gasteiger partial charge in [0.1, 0.15) is 5.82 Å². The Hall–Kier alpha value is -2.53. The van der Waals surface area contributed by atoms with Gasteiger partial charge in [0.2, 0.25) is 5.91 Å². The number of benzene rings is 2. The molecule has 1 fully saturated rings. The van der Waals surface area contributed by atoms with Gasteiger partial charge >= 0.3 is 0 Å². The summed E-state index contributed by atoms with van der Waals surface area (Å²) in [4.78, 5) is 24.3. The first-order chi connectivity index (χ1) is 13.6. The first kappa shape index (κ1) is 20.2. The molecule has 0 spiro atoms. The van der Waals surface area contributed by atoms with Crippen molar-refractivity contribution >= 4 is 17.4 Å². The summed E-state index contributed by atoms with van der Waals surface area (Å²) in [6, 6.07) is 14.2. The van der Waals surface area contributed by atoms with Crippen LogP contribution in [0.15, 0.2) is 48.5 Å². The van der Waals surface area contributed by atoms with Crippen molar-refractivity contribution in [3.63, 3.8) is 0 Å². The Morgan fingerprint density at radius 3 is 2.46 bits per heavy atom. The van der Waals surface area contributed by atoms with E-state index in [1.807, 2.05) is 24.3 Å². The third-order valence-electron chi connectivity index (χ3n) is 5.23. The molecule has 0 unspecified atom stereocenters. The van der Waals surface area contributed by atoms with Crippen LogP contribution in [-0.4, -0.2) is 24.8 Å². The van der Waals surface area contributed by atoms with Gasteiger partial charge < -0.3 is 10.6 Å². The molecule has 2 aromatic rings. The second-order valence-corrected chi connectivity index (χ2v) is 7.31. The van der Waals surface area contributed by atoms with Gasteiger partial charge in [0.15, 0.2) is 5.78 Å². The van der Waals surface area contributed by atoms with E-state index >= 15 is 0 Å². The molecular weight excluding hydrogens is 355 g/mol. The molecule has 2 N–H and O–H groups in total. The number of rotatable bonds is 8. The Bertz CT molecular complexity index is 802. The summed E-state index contributed by atoms with van der Waals surface area (Å²) < 4.78 is 14.1. The number of Topliss-reactive ketones (excluding diaryl/α,β-unsaturated/α-hetero) is 1. The van der Waals surface area contributed by atoms with Crippen LogP contribution >= 0.6 is 0 Å². The number of amides is 1. The normalized spacial score (nSPS) is 14.6. The van der Waals surface area contributed by atoms with Gasteiger partial charge in [0.05, 0.1) is 5.69 Å². The molecule has 1 aliphatic heterocycles. The van der Waals surface area contributed by atoms with Crippen molar-refractivity contribution < 1.29 is 14.0 Å². The quantitative estimate of drug-likeness (QED) is 0.515. The maximum Gasteiger partial charge on any atom is 0.224 e. The fourth-order valence-corrected chi connectivity index (χ4v) is 3.60. The minimum atomic E-state index is -0.412. The minimum Gasteiger partial charge on any atom is -0.324 e. The first-order valence-electron chi connectivity index (χ1n) is 10.0. The lowest BCUT2D eigenvalue weighted by molar-refractivity contribution is -0.116. The Morgan fingerprint density at radius 1 is 1.00 bits per heavy atom. The van der Waals surface area contributed by atoms with E-state index < -0.39 is 5.82 Å². The van der Waals surface area contributed by atoms with E-state index in [2.05, 4.69) is 10.6 Å². The Morgan fingerprint density at radius 2 is 1.71 bits per heavy atom. The zero-order valence-electron chi connectivity index (χ0n) is 16.0. The van der Waals surface area contributed by atoms with Gasteiger partial charge in [-0.25, -0.2) is 4.39 Å². The van der Waals surface area contributed by atoms with E-state index in [1.165, 1.54) is 6.07 Å². The number of nitrogens with one attached hydrogen (secondary N) is 2. The fraction of sp³-hybridized carbons (Fsp3) is 0.391. The third-order valence-corrected chi connectivity index (χ3v) is 5.23. The minimum absolute atomic E-state index is 0.0849. The highest BCUT2D eigenvalue weighted by molar-refractivity contribution is 5.96. The molecule has 28 heavy (non-hydrogen) atoms. The predicted octanol–water partition coefficient (Wildman–Crippen LogP) is 4.67. The molecule has 2 aromatic carbocycles. The van der Waals surface area contributed by atoms with E-state index in [1.54, 1.807) is 18.2 Å². The SMILES string of the molecule is O=C(CCCCC(=O)c1ccccc1)Nc1cc(C2CCNCC2)ccc1F. The van der Waals surface area contributed by atoms with Gasteiger partial charge in [-0.1, -0.05) is 36.4 Å². The third kappa shape index (κ3) is 5.73. The molecule has 0 bridgehead atoms. The topological polar surface area (TPSA) is 58.2 Å². The number of hydrogen-bond donors (Lipinski definition) is 2. The molecule has 1 amide bonds. The van der Waals surface area contributed by atoms with E-state index in [0.717, 1.165) is 31.5 Å². The van der Waals surface area contributed by atoms with Crippen LogP contribution in [0.25, 0.3) is 0 Å². The van der Waals surface area contributed by atoms with Crippen molar-refractivity contribution in [2.75, 3.05) is 18.4 Å². The molecule has 0 aliphatic carbocycles. The largest absolute Gasteiger partial charge is 0.324 e. The summed E-state index contributed by atoms with van der Waals surface area (Å²) in [6.45, 7) is 1.93. The van der Waals surface area contributed by atoms with Gasteiger partial charge in [-0.2, -0.15) is 0 Å². The molecule has 3 rings (SSSR count). The molecule has 0 atom stereocenters. The van der Waals surface area contributed by atoms with Crippen LogP contribution in [0.5, 0.6) is 0 Å². The molecule has 1 heterocycles. The molecule has 0 radical (unpaired) electrons. The van der Waals surface area contributed by atoms with Crippen molar-refractivity contribution in [1.29, 1.82) is 0 Å². The summed E-state index contributed by atoms with van der Waals surface area (Å²) in [6.07, 6.45) is 3.97. The van der Waals surface area contributed by atoms with E-state index in [4.69, 9.17) is 0 Å². The fourth-order valence-electron chi connectivity index (χ4n) is 3.60. The van der Waals surface area contributed by atoms with Gasteiger partial charge in [0, 0.05) is 18.4 Å². The zero-order valence-corrected chi connectivity index (χ0v) is 16.0. The average molecular weight is 382 g/mol. The van der Waals surface area contributed by atoms with Gasteiger partial charge in [-0.15, -0.1) is 0 Å². The number of ketones is 1. The van der Waals surface area contributed by atoms with Crippen LogP contribution in [0.1, 0.15) is 60.4 Å². The number of piperidine rings is 1. The number of halogens is 1. The standard InChI is InChI=1S/C23H27FN2O2/c24-20-11-10-19(17-12-14-25-15-13-17)16-21(20)26-23(28)9-5-4-8-22(27)18-6-2-1-3-7-18/h1-3,6-7,10-11,16-17,25H,4-5,8-9,12-15H2,(H,26,28). The highest BCUT2D eigenvalue weighted by Gasteiger charge is 2.17. The van der Waals surface area contributed by atoms with E-state index in [0.29, 0.717) is 30.7 Å². The second kappa shape index (κ2) is 10.1. The van der Waals surface area contributed by atoms with Crippen LogP contribution in [0.4, 0.5) is 10.1 Å². The van der Waals surface area contributed by atoms with Gasteiger partial charge in [-0.3, -0.25) is 9.59 Å². The molecule has 5 heteroatoms. The van der Waals surface area contributed by atoms with Gasteiger partial charge in [0.25, 0.3) is 0 Å². The number of hydrogen-bond acceptors (Lipinski definition) is 3. The molecule has 1 aliphatic rings. The highest BCUT2D eigenvalue weighted by atomic mass is 19.1. The zero-order chi connectivity index (χ0) is 19.8. The monoisotopic (exact) mass is 382 g/mol. The van der Waals surface area contributed by atoms with Crippen molar-refractivity contribution in [2.24, 2.45) is 0 Å². The van der Waals surface area contributed by atoms with Crippen LogP contribution in [0.2, 0.25) is 0 Å². The molecule has 4 nitrogen and oxygen atoms in total.